The number of nitrogens with two attached hydrogens (primary N) is 1. The van der Waals surface area contributed by atoms with Crippen LogP contribution >= 0.6 is 0 Å². The molecule has 0 saturated heterocycles. The van der Waals surface area contributed by atoms with Crippen molar-refractivity contribution in [3.05, 3.63) is 23.4 Å². The Balaban J connectivity index is 4.42. The molecule has 0 spiro atoms. The van der Waals surface area contributed by atoms with Gasteiger partial charge in [0.2, 0.25) is 5.91 Å². The number of nitrogens with zero attached hydrogens (tertiary/aromatic N) is 1. The van der Waals surface area contributed by atoms with Crippen LogP contribution in [0.25, 0.3) is 0 Å². The quantitative estimate of drug-likeness (QED) is 0.408. The summed E-state index contributed by atoms with van der Waals surface area (Å²) in [5.74, 6) is 5.68. The lowest BCUT2D eigenvalue weighted by molar-refractivity contribution is -0.120. The Bertz CT molecular complexity index is 267. The Morgan fingerprint density at radius 1 is 1.53 bits per heavy atom. The standard InChI is InChI=1S/C11H21N3O/c1-5-9(3)7-10(14(4)12)8-13-11(15)6-2/h5,7H,6,8,12H2,1-4H3,(H,13,15)/b9-5-,10-7-. The Hall–Kier alpha value is -1.29. The summed E-state index contributed by atoms with van der Waals surface area (Å²) in [7, 11) is 1.76. The second-order valence-corrected chi connectivity index (χ2v) is 3.41. The summed E-state index contributed by atoms with van der Waals surface area (Å²) >= 11 is 0. The van der Waals surface area contributed by atoms with E-state index in [2.05, 4.69) is 5.32 Å². The molecule has 0 bridgehead atoms. The third-order valence-electron chi connectivity index (χ3n) is 2.09. The Labute approximate surface area is 91.8 Å². The second kappa shape index (κ2) is 7.06. The van der Waals surface area contributed by atoms with Crippen molar-refractivity contribution in [1.82, 2.24) is 10.3 Å². The topological polar surface area (TPSA) is 58.4 Å². The molecule has 4 heteroatoms. The second-order valence-electron chi connectivity index (χ2n) is 3.41. The minimum atomic E-state index is 0.0286. The molecule has 0 heterocycles. The van der Waals surface area contributed by atoms with E-state index in [9.17, 15) is 4.79 Å². The number of carbonyl (C=O) groups is 1. The molecule has 4 nitrogen and oxygen atoms in total. The van der Waals surface area contributed by atoms with Gasteiger partial charge in [-0.3, -0.25) is 4.79 Å². The van der Waals surface area contributed by atoms with Crippen LogP contribution in [0.5, 0.6) is 0 Å². The maximum absolute atomic E-state index is 11.1. The highest BCUT2D eigenvalue weighted by Crippen LogP contribution is 2.02. The molecule has 3 N–H and O–H groups in total. The minimum absolute atomic E-state index is 0.0286. The first-order chi connectivity index (χ1) is 7.01. The first kappa shape index (κ1) is 13.7. The molecular weight excluding hydrogens is 190 g/mol. The molecule has 0 aromatic carbocycles. The molecule has 0 aromatic rings. The molecule has 1 amide bonds. The molecule has 15 heavy (non-hydrogen) atoms. The summed E-state index contributed by atoms with van der Waals surface area (Å²) in [5, 5.41) is 4.30. The van der Waals surface area contributed by atoms with E-state index >= 15 is 0 Å². The molecule has 86 valence electrons. The van der Waals surface area contributed by atoms with Crippen molar-refractivity contribution >= 4 is 5.91 Å². The van der Waals surface area contributed by atoms with E-state index in [1.54, 1.807) is 7.05 Å². The van der Waals surface area contributed by atoms with Crippen LogP contribution in [0.15, 0.2) is 23.4 Å². The number of carbonyl (C=O) groups excluding carboxylic acids is 1. The van der Waals surface area contributed by atoms with Gasteiger partial charge < -0.3 is 10.3 Å². The van der Waals surface area contributed by atoms with Gasteiger partial charge in [-0.15, -0.1) is 0 Å². The van der Waals surface area contributed by atoms with Gasteiger partial charge in [0.05, 0.1) is 6.54 Å². The van der Waals surface area contributed by atoms with Crippen LogP contribution in [0.4, 0.5) is 0 Å². The van der Waals surface area contributed by atoms with Crippen LogP contribution < -0.4 is 11.2 Å². The number of allylic oxidation sites excluding steroid dienone is 3. The smallest absolute Gasteiger partial charge is 0.220 e. The highest BCUT2D eigenvalue weighted by molar-refractivity contribution is 5.75. The third-order valence-corrected chi connectivity index (χ3v) is 2.09. The predicted octanol–water partition coefficient (Wildman–Crippen LogP) is 1.17. The highest BCUT2D eigenvalue weighted by Gasteiger charge is 2.02. The number of hydrogen-bond donors (Lipinski definition) is 2. The Morgan fingerprint density at radius 3 is 2.53 bits per heavy atom. The van der Waals surface area contributed by atoms with Gasteiger partial charge in [0.25, 0.3) is 0 Å². The van der Waals surface area contributed by atoms with E-state index < -0.39 is 0 Å². The molecule has 0 aromatic heterocycles. The first-order valence-corrected chi connectivity index (χ1v) is 5.09. The van der Waals surface area contributed by atoms with Gasteiger partial charge in [0.15, 0.2) is 0 Å². The molecule has 0 rings (SSSR count). The molecular formula is C11H21N3O. The monoisotopic (exact) mass is 211 g/mol. The van der Waals surface area contributed by atoms with Crippen LogP contribution in [-0.4, -0.2) is 24.5 Å². The van der Waals surface area contributed by atoms with Crippen LogP contribution in [0.3, 0.4) is 0 Å². The molecule has 0 aliphatic heterocycles. The van der Waals surface area contributed by atoms with Gasteiger partial charge >= 0.3 is 0 Å². The largest absolute Gasteiger partial charge is 0.350 e. The number of rotatable bonds is 5. The SMILES string of the molecule is C/C=C(C)\C=C(\CNC(=O)CC)N(C)N. The van der Waals surface area contributed by atoms with E-state index in [0.717, 1.165) is 11.3 Å². The van der Waals surface area contributed by atoms with Crippen molar-refractivity contribution in [3.8, 4) is 0 Å². The zero-order valence-corrected chi connectivity index (χ0v) is 10.0. The lowest BCUT2D eigenvalue weighted by atomic mass is 10.2. The molecule has 0 saturated carbocycles. The Kier molecular flexibility index (Phi) is 6.45. The van der Waals surface area contributed by atoms with Crippen molar-refractivity contribution in [2.75, 3.05) is 13.6 Å². The fourth-order valence-corrected chi connectivity index (χ4v) is 0.938. The maximum atomic E-state index is 11.1. The Morgan fingerprint density at radius 2 is 2.13 bits per heavy atom. The van der Waals surface area contributed by atoms with E-state index in [0.29, 0.717) is 13.0 Å². The average Bonchev–Trinajstić information content (AvgIpc) is 2.22. The van der Waals surface area contributed by atoms with Crippen LogP contribution in [-0.2, 0) is 4.79 Å². The van der Waals surface area contributed by atoms with Crippen molar-refractivity contribution in [2.45, 2.75) is 27.2 Å². The number of amides is 1. The normalized spacial score (nSPS) is 12.6. The molecule has 0 unspecified atom stereocenters. The van der Waals surface area contributed by atoms with Crippen molar-refractivity contribution in [1.29, 1.82) is 0 Å². The lowest BCUT2D eigenvalue weighted by Crippen LogP contribution is -2.34. The number of likely N-dealkylation sites (N-methyl/N-ethyl adjacent to an activating group) is 1. The van der Waals surface area contributed by atoms with Crippen LogP contribution in [0.2, 0.25) is 0 Å². The predicted molar refractivity (Wildman–Crippen MR) is 62.8 cm³/mol. The zero-order valence-electron chi connectivity index (χ0n) is 10.0. The van der Waals surface area contributed by atoms with Crippen molar-refractivity contribution in [2.24, 2.45) is 5.84 Å². The third kappa shape index (κ3) is 5.91. The molecule has 0 atom stereocenters. The van der Waals surface area contributed by atoms with Gasteiger partial charge in [-0.2, -0.15) is 0 Å². The minimum Gasteiger partial charge on any atom is -0.350 e. The van der Waals surface area contributed by atoms with E-state index in [-0.39, 0.29) is 5.91 Å². The fraction of sp³-hybridized carbons (Fsp3) is 0.545. The maximum Gasteiger partial charge on any atom is 0.220 e. The van der Waals surface area contributed by atoms with Crippen LogP contribution in [0, 0.1) is 0 Å². The number of nitrogens with one attached hydrogen (secondary N) is 1. The van der Waals surface area contributed by atoms with Gasteiger partial charge in [0.1, 0.15) is 0 Å². The summed E-state index contributed by atoms with van der Waals surface area (Å²) in [6.07, 6.45) is 4.44. The summed E-state index contributed by atoms with van der Waals surface area (Å²) in [5.41, 5.74) is 2.00. The summed E-state index contributed by atoms with van der Waals surface area (Å²) in [4.78, 5) is 11.1. The summed E-state index contributed by atoms with van der Waals surface area (Å²) in [6, 6.07) is 0. The highest BCUT2D eigenvalue weighted by atomic mass is 16.1. The molecule has 0 radical (unpaired) electrons. The van der Waals surface area contributed by atoms with Gasteiger partial charge in [-0.05, 0) is 19.9 Å². The average molecular weight is 211 g/mol. The number of hydrazine groups is 1. The van der Waals surface area contributed by atoms with Gasteiger partial charge in [0, 0.05) is 19.2 Å². The number of hydrogen-bond acceptors (Lipinski definition) is 3. The van der Waals surface area contributed by atoms with Gasteiger partial charge in [-0.25, -0.2) is 5.84 Å². The molecule has 0 fully saturated rings. The van der Waals surface area contributed by atoms with E-state index in [1.165, 1.54) is 5.01 Å². The summed E-state index contributed by atoms with van der Waals surface area (Å²) in [6.45, 7) is 6.24. The lowest BCUT2D eigenvalue weighted by Gasteiger charge is -2.17. The van der Waals surface area contributed by atoms with E-state index in [1.807, 2.05) is 32.9 Å². The molecule has 0 aliphatic carbocycles. The van der Waals surface area contributed by atoms with Crippen LogP contribution in [0.1, 0.15) is 27.2 Å². The zero-order chi connectivity index (χ0) is 11.8. The van der Waals surface area contributed by atoms with Gasteiger partial charge in [-0.1, -0.05) is 18.6 Å². The fourth-order valence-electron chi connectivity index (χ4n) is 0.938. The van der Waals surface area contributed by atoms with Crippen molar-refractivity contribution < 1.29 is 4.79 Å². The summed E-state index contributed by atoms with van der Waals surface area (Å²) < 4.78 is 0. The van der Waals surface area contributed by atoms with E-state index in [4.69, 9.17) is 5.84 Å². The first-order valence-electron chi connectivity index (χ1n) is 5.09. The molecule has 0 aliphatic rings. The van der Waals surface area contributed by atoms with Crippen molar-refractivity contribution in [3.63, 3.8) is 0 Å².